The van der Waals surface area contributed by atoms with E-state index in [9.17, 15) is 9.59 Å². The zero-order valence-corrected chi connectivity index (χ0v) is 28.2. The van der Waals surface area contributed by atoms with Crippen LogP contribution in [0.2, 0.25) is 0 Å². The van der Waals surface area contributed by atoms with Crippen molar-refractivity contribution in [2.24, 2.45) is 11.8 Å². The SMILES string of the molecule is CCCCCc1cc(OC(=O)C2CCN(C(=O)OCC3c4ccccc4-c4ccccc43)C2)c2c(c1)OC(C)(C)[C@@H]1CCC(C)=C[C@@H]21. The average molecular weight is 634 g/mol. The first-order valence-corrected chi connectivity index (χ1v) is 17.6. The molecule has 0 spiro atoms. The molecule has 0 saturated carbocycles. The van der Waals surface area contributed by atoms with E-state index < -0.39 is 5.92 Å². The number of fused-ring (bicyclic) bond motifs is 6. The normalized spacial score (nSPS) is 22.3. The number of allylic oxidation sites excluding steroid dienone is 2. The fraction of sp³-hybridized carbons (Fsp3) is 0.463. The molecule has 3 aromatic carbocycles. The van der Waals surface area contributed by atoms with E-state index >= 15 is 0 Å². The maximum atomic E-state index is 13.8. The van der Waals surface area contributed by atoms with Crippen LogP contribution in [-0.4, -0.2) is 42.3 Å². The maximum Gasteiger partial charge on any atom is 0.409 e. The third-order valence-corrected chi connectivity index (χ3v) is 10.9. The van der Waals surface area contributed by atoms with Crippen molar-refractivity contribution in [3.05, 3.63) is 94.6 Å². The molecule has 1 fully saturated rings. The molecular weight excluding hydrogens is 586 g/mol. The Balaban J connectivity index is 1.06. The number of carbonyl (C=O) groups is 2. The summed E-state index contributed by atoms with van der Waals surface area (Å²) in [6.45, 7) is 9.80. The van der Waals surface area contributed by atoms with E-state index in [4.69, 9.17) is 14.2 Å². The van der Waals surface area contributed by atoms with E-state index in [1.807, 2.05) is 24.3 Å². The molecule has 3 aromatic rings. The number of hydrogen-bond acceptors (Lipinski definition) is 5. The monoisotopic (exact) mass is 633 g/mol. The first kappa shape index (κ1) is 31.5. The number of ether oxygens (including phenoxy) is 3. The summed E-state index contributed by atoms with van der Waals surface area (Å²) in [6, 6.07) is 20.9. The molecule has 2 aliphatic carbocycles. The van der Waals surface area contributed by atoms with Crippen LogP contribution in [0.25, 0.3) is 11.1 Å². The van der Waals surface area contributed by atoms with Crippen LogP contribution >= 0.6 is 0 Å². The minimum Gasteiger partial charge on any atom is -0.487 e. The number of benzene rings is 3. The van der Waals surface area contributed by atoms with Crippen molar-refractivity contribution in [1.82, 2.24) is 4.90 Å². The summed E-state index contributed by atoms with van der Waals surface area (Å²) in [7, 11) is 0. The summed E-state index contributed by atoms with van der Waals surface area (Å²) >= 11 is 0. The van der Waals surface area contributed by atoms with Crippen LogP contribution in [0, 0.1) is 11.8 Å². The highest BCUT2D eigenvalue weighted by molar-refractivity contribution is 5.80. The van der Waals surface area contributed by atoms with Gasteiger partial charge in [0.1, 0.15) is 23.7 Å². The Morgan fingerprint density at radius 2 is 1.70 bits per heavy atom. The standard InChI is InChI=1S/C41H47NO5/c1-5-6-7-12-27-22-36(38-33-21-26(2)17-18-35(33)41(3,4)47-37(38)23-27)46-39(43)28-19-20-42(24-28)40(44)45-25-34-31-15-10-8-13-29(31)30-14-9-11-16-32(30)34/h8-11,13-16,21-23,28,33-35H,5-7,12,17-20,24-25H2,1-4H3/t28?,33-,35-/m1/s1. The molecule has 1 saturated heterocycles. The smallest absolute Gasteiger partial charge is 0.409 e. The van der Waals surface area contributed by atoms with Gasteiger partial charge in [0.2, 0.25) is 0 Å². The lowest BCUT2D eigenvalue weighted by molar-refractivity contribution is -0.138. The minimum atomic E-state index is -0.407. The predicted molar refractivity (Wildman–Crippen MR) is 184 cm³/mol. The van der Waals surface area contributed by atoms with E-state index in [-0.39, 0.29) is 36.1 Å². The van der Waals surface area contributed by atoms with Crippen LogP contribution in [0.3, 0.4) is 0 Å². The Kier molecular flexibility index (Phi) is 8.63. The largest absolute Gasteiger partial charge is 0.487 e. The fourth-order valence-corrected chi connectivity index (χ4v) is 8.36. The van der Waals surface area contributed by atoms with Gasteiger partial charge in [0, 0.05) is 36.4 Å². The van der Waals surface area contributed by atoms with Crippen molar-refractivity contribution in [3.8, 4) is 22.6 Å². The van der Waals surface area contributed by atoms with Crippen LogP contribution in [0.1, 0.15) is 100 Å². The highest BCUT2D eigenvalue weighted by atomic mass is 16.6. The Morgan fingerprint density at radius 1 is 0.979 bits per heavy atom. The van der Waals surface area contributed by atoms with Crippen molar-refractivity contribution < 1.29 is 23.8 Å². The van der Waals surface area contributed by atoms with Crippen molar-refractivity contribution in [2.45, 2.75) is 90.1 Å². The average Bonchev–Trinajstić information content (AvgIpc) is 3.67. The lowest BCUT2D eigenvalue weighted by atomic mass is 9.68. The van der Waals surface area contributed by atoms with Crippen LogP contribution in [0.4, 0.5) is 4.79 Å². The van der Waals surface area contributed by atoms with Crippen molar-refractivity contribution in [2.75, 3.05) is 19.7 Å². The number of likely N-dealkylation sites (tertiary alicyclic amines) is 1. The van der Waals surface area contributed by atoms with Gasteiger partial charge in [-0.25, -0.2) is 4.79 Å². The van der Waals surface area contributed by atoms with Gasteiger partial charge >= 0.3 is 12.1 Å². The van der Waals surface area contributed by atoms with E-state index in [1.54, 1.807) is 4.90 Å². The molecule has 1 amide bonds. The molecule has 47 heavy (non-hydrogen) atoms. The molecule has 0 radical (unpaired) electrons. The Labute approximate surface area is 279 Å². The van der Waals surface area contributed by atoms with Crippen molar-refractivity contribution in [3.63, 3.8) is 0 Å². The molecular formula is C41H47NO5. The molecule has 0 aromatic heterocycles. The summed E-state index contributed by atoms with van der Waals surface area (Å²) in [5.74, 6) is 1.20. The van der Waals surface area contributed by atoms with Gasteiger partial charge < -0.3 is 19.1 Å². The summed E-state index contributed by atoms with van der Waals surface area (Å²) in [6.07, 6.45) is 8.93. The number of aryl methyl sites for hydroxylation is 1. The summed E-state index contributed by atoms with van der Waals surface area (Å²) < 4.78 is 18.9. The fourth-order valence-electron chi connectivity index (χ4n) is 8.36. The molecule has 6 nitrogen and oxygen atoms in total. The molecule has 4 aliphatic rings. The second-order valence-corrected chi connectivity index (χ2v) is 14.5. The van der Waals surface area contributed by atoms with Gasteiger partial charge in [-0.3, -0.25) is 4.79 Å². The summed E-state index contributed by atoms with van der Waals surface area (Å²) in [5, 5.41) is 0. The first-order valence-electron chi connectivity index (χ1n) is 17.6. The molecule has 3 atom stereocenters. The third kappa shape index (κ3) is 6.08. The topological polar surface area (TPSA) is 65.1 Å². The molecule has 2 aliphatic heterocycles. The van der Waals surface area contributed by atoms with Gasteiger partial charge in [0.15, 0.2) is 0 Å². The van der Waals surface area contributed by atoms with Crippen LogP contribution < -0.4 is 9.47 Å². The van der Waals surface area contributed by atoms with E-state index in [1.165, 1.54) is 27.8 Å². The summed E-state index contributed by atoms with van der Waals surface area (Å²) in [4.78, 5) is 28.7. The number of esters is 1. The van der Waals surface area contributed by atoms with Crippen LogP contribution in [-0.2, 0) is 16.0 Å². The maximum absolute atomic E-state index is 13.8. The lowest BCUT2D eigenvalue weighted by Crippen LogP contribution is -2.45. The Hall–Kier alpha value is -4.06. The van der Waals surface area contributed by atoms with Crippen LogP contribution in [0.15, 0.2) is 72.3 Å². The van der Waals surface area contributed by atoms with Gasteiger partial charge in [-0.1, -0.05) is 79.9 Å². The number of amides is 1. The highest BCUT2D eigenvalue weighted by Crippen LogP contribution is 2.54. The summed E-state index contributed by atoms with van der Waals surface area (Å²) in [5.41, 5.74) is 7.95. The van der Waals surface area contributed by atoms with Crippen LogP contribution in [0.5, 0.6) is 11.5 Å². The molecule has 0 bridgehead atoms. The molecule has 2 heterocycles. The highest BCUT2D eigenvalue weighted by Gasteiger charge is 2.46. The van der Waals surface area contributed by atoms with Gasteiger partial charge in [-0.15, -0.1) is 0 Å². The third-order valence-electron chi connectivity index (χ3n) is 10.9. The molecule has 0 N–H and O–H groups in total. The van der Waals surface area contributed by atoms with E-state index in [0.717, 1.165) is 55.4 Å². The first-order chi connectivity index (χ1) is 22.7. The lowest BCUT2D eigenvalue weighted by Gasteiger charge is -2.46. The molecule has 1 unspecified atom stereocenters. The van der Waals surface area contributed by atoms with Gasteiger partial charge in [0.05, 0.1) is 5.92 Å². The van der Waals surface area contributed by atoms with Gasteiger partial charge in [-0.2, -0.15) is 0 Å². The minimum absolute atomic E-state index is 0.000934. The zero-order valence-electron chi connectivity index (χ0n) is 28.2. The van der Waals surface area contributed by atoms with Crippen molar-refractivity contribution >= 4 is 12.1 Å². The number of carbonyl (C=O) groups excluding carboxylic acids is 2. The van der Waals surface area contributed by atoms with Crippen molar-refractivity contribution in [1.29, 1.82) is 0 Å². The van der Waals surface area contributed by atoms with E-state index in [0.29, 0.717) is 31.2 Å². The Morgan fingerprint density at radius 3 is 2.43 bits per heavy atom. The molecule has 7 rings (SSSR count). The predicted octanol–water partition coefficient (Wildman–Crippen LogP) is 9.21. The quantitative estimate of drug-likeness (QED) is 0.107. The number of unbranched alkanes of at least 4 members (excludes halogenated alkanes) is 2. The van der Waals surface area contributed by atoms with Gasteiger partial charge in [-0.05, 0) is 92.8 Å². The number of hydrogen-bond donors (Lipinski definition) is 0. The molecule has 6 heteroatoms. The number of nitrogens with zero attached hydrogens (tertiary/aromatic N) is 1. The van der Waals surface area contributed by atoms with E-state index in [2.05, 4.69) is 70.2 Å². The zero-order chi connectivity index (χ0) is 32.7. The second kappa shape index (κ2) is 12.9. The Bertz CT molecular complexity index is 1660. The van der Waals surface area contributed by atoms with Gasteiger partial charge in [0.25, 0.3) is 0 Å². The second-order valence-electron chi connectivity index (χ2n) is 14.5. The number of rotatable bonds is 8. The molecule has 246 valence electrons.